The second kappa shape index (κ2) is 7.45. The standard InChI is InChI=1S/C19H20BrFN2O/c1-13(19(24)22-17-8-4-15(20)5-9-17)23(18-10-11-18)12-14-2-6-16(21)7-3-14/h2-9,13,18H,10-12H2,1H3,(H,22,24)/p+1/t13-/m0/s1. The summed E-state index contributed by atoms with van der Waals surface area (Å²) in [5, 5.41) is 2.99. The molecule has 1 aliphatic rings. The normalized spacial score (nSPS) is 16.5. The van der Waals surface area contributed by atoms with Gasteiger partial charge < -0.3 is 10.2 Å². The molecule has 2 aromatic rings. The highest BCUT2D eigenvalue weighted by molar-refractivity contribution is 9.10. The summed E-state index contributed by atoms with van der Waals surface area (Å²) in [6, 6.07) is 14.5. The SMILES string of the molecule is C[C@@H](C(=O)Nc1ccc(Br)cc1)[NH+](Cc1ccc(F)cc1)C1CC1. The van der Waals surface area contributed by atoms with Crippen LogP contribution in [-0.2, 0) is 11.3 Å². The predicted molar refractivity (Wildman–Crippen MR) is 96.3 cm³/mol. The molecule has 2 atom stereocenters. The molecular weight excluding hydrogens is 371 g/mol. The average molecular weight is 392 g/mol. The highest BCUT2D eigenvalue weighted by Gasteiger charge is 2.39. The number of benzene rings is 2. The van der Waals surface area contributed by atoms with Crippen molar-refractivity contribution in [2.45, 2.75) is 38.4 Å². The van der Waals surface area contributed by atoms with Crippen molar-refractivity contribution in [2.24, 2.45) is 0 Å². The molecule has 0 radical (unpaired) electrons. The van der Waals surface area contributed by atoms with E-state index in [0.717, 1.165) is 35.1 Å². The van der Waals surface area contributed by atoms with Crippen molar-refractivity contribution < 1.29 is 14.1 Å². The van der Waals surface area contributed by atoms with Crippen LogP contribution in [0.4, 0.5) is 10.1 Å². The molecule has 1 aliphatic carbocycles. The lowest BCUT2D eigenvalue weighted by molar-refractivity contribution is -0.938. The Morgan fingerprint density at radius 1 is 1.21 bits per heavy atom. The first-order chi connectivity index (χ1) is 11.5. The van der Waals surface area contributed by atoms with Crippen LogP contribution >= 0.6 is 15.9 Å². The molecule has 5 heteroatoms. The van der Waals surface area contributed by atoms with Gasteiger partial charge in [-0.15, -0.1) is 0 Å². The van der Waals surface area contributed by atoms with Crippen LogP contribution in [0, 0.1) is 5.82 Å². The minimum Gasteiger partial charge on any atom is -0.321 e. The molecule has 2 N–H and O–H groups in total. The number of anilines is 1. The van der Waals surface area contributed by atoms with Crippen LogP contribution in [0.5, 0.6) is 0 Å². The summed E-state index contributed by atoms with van der Waals surface area (Å²) >= 11 is 3.39. The first-order valence-corrected chi connectivity index (χ1v) is 8.98. The summed E-state index contributed by atoms with van der Waals surface area (Å²) in [6.07, 6.45) is 2.29. The molecule has 126 valence electrons. The van der Waals surface area contributed by atoms with Crippen LogP contribution in [-0.4, -0.2) is 18.0 Å². The van der Waals surface area contributed by atoms with E-state index >= 15 is 0 Å². The Balaban J connectivity index is 1.67. The second-order valence-corrected chi connectivity index (χ2v) is 7.29. The molecule has 1 unspecified atom stereocenters. The summed E-state index contributed by atoms with van der Waals surface area (Å²) in [6.45, 7) is 2.70. The Labute approximate surface area is 150 Å². The molecule has 0 saturated heterocycles. The van der Waals surface area contributed by atoms with Gasteiger partial charge in [-0.05, 0) is 43.3 Å². The zero-order valence-corrected chi connectivity index (χ0v) is 15.1. The van der Waals surface area contributed by atoms with Gasteiger partial charge in [0.25, 0.3) is 5.91 Å². The van der Waals surface area contributed by atoms with Gasteiger partial charge >= 0.3 is 0 Å². The third kappa shape index (κ3) is 4.42. The number of rotatable bonds is 6. The van der Waals surface area contributed by atoms with E-state index in [1.807, 2.05) is 31.2 Å². The number of quaternary nitrogens is 1. The van der Waals surface area contributed by atoms with E-state index in [2.05, 4.69) is 21.2 Å². The Kier molecular flexibility index (Phi) is 5.31. The van der Waals surface area contributed by atoms with Gasteiger partial charge in [0, 0.05) is 28.6 Å². The molecule has 3 nitrogen and oxygen atoms in total. The fourth-order valence-electron chi connectivity index (χ4n) is 2.90. The smallest absolute Gasteiger partial charge is 0.282 e. The van der Waals surface area contributed by atoms with Gasteiger partial charge in [-0.3, -0.25) is 4.79 Å². The van der Waals surface area contributed by atoms with Crippen LogP contribution in [0.3, 0.4) is 0 Å². The molecule has 2 aromatic carbocycles. The Hall–Kier alpha value is -1.72. The molecule has 1 amide bonds. The van der Waals surface area contributed by atoms with Crippen LogP contribution in [0.25, 0.3) is 0 Å². The van der Waals surface area contributed by atoms with Gasteiger partial charge in [0.15, 0.2) is 6.04 Å². The monoisotopic (exact) mass is 391 g/mol. The minimum absolute atomic E-state index is 0.0151. The van der Waals surface area contributed by atoms with Crippen LogP contribution < -0.4 is 10.2 Å². The fourth-order valence-corrected chi connectivity index (χ4v) is 3.16. The molecule has 24 heavy (non-hydrogen) atoms. The Morgan fingerprint density at radius 3 is 2.42 bits per heavy atom. The summed E-state index contributed by atoms with van der Waals surface area (Å²) in [7, 11) is 0. The van der Waals surface area contributed by atoms with Crippen LogP contribution in [0.15, 0.2) is 53.0 Å². The topological polar surface area (TPSA) is 33.5 Å². The first kappa shape index (κ1) is 17.1. The van der Waals surface area contributed by atoms with E-state index in [-0.39, 0.29) is 17.8 Å². The molecule has 0 heterocycles. The maximum Gasteiger partial charge on any atom is 0.282 e. The van der Waals surface area contributed by atoms with Gasteiger partial charge in [-0.1, -0.05) is 28.1 Å². The number of carbonyl (C=O) groups is 1. The number of hydrogen-bond acceptors (Lipinski definition) is 1. The highest BCUT2D eigenvalue weighted by atomic mass is 79.9. The summed E-state index contributed by atoms with van der Waals surface area (Å²) in [5.41, 5.74) is 1.86. The number of hydrogen-bond donors (Lipinski definition) is 2. The quantitative estimate of drug-likeness (QED) is 0.778. The maximum absolute atomic E-state index is 13.1. The molecular formula is C19H21BrFN2O+. The van der Waals surface area contributed by atoms with E-state index in [1.165, 1.54) is 17.0 Å². The van der Waals surface area contributed by atoms with Crippen molar-refractivity contribution in [3.8, 4) is 0 Å². The number of halogens is 2. The van der Waals surface area contributed by atoms with Gasteiger partial charge in [-0.25, -0.2) is 4.39 Å². The van der Waals surface area contributed by atoms with Crippen molar-refractivity contribution >= 4 is 27.5 Å². The lowest BCUT2D eigenvalue weighted by atomic mass is 10.1. The fraction of sp³-hybridized carbons (Fsp3) is 0.316. The average Bonchev–Trinajstić information content (AvgIpc) is 3.40. The molecule has 3 rings (SSSR count). The highest BCUT2D eigenvalue weighted by Crippen LogP contribution is 2.18. The molecule has 0 aliphatic heterocycles. The van der Waals surface area contributed by atoms with Gasteiger partial charge in [-0.2, -0.15) is 0 Å². The van der Waals surface area contributed by atoms with Gasteiger partial charge in [0.05, 0.1) is 6.04 Å². The van der Waals surface area contributed by atoms with E-state index in [0.29, 0.717) is 6.04 Å². The first-order valence-electron chi connectivity index (χ1n) is 8.19. The van der Waals surface area contributed by atoms with Crippen LogP contribution in [0.2, 0.25) is 0 Å². The number of nitrogens with one attached hydrogen (secondary N) is 2. The van der Waals surface area contributed by atoms with Crippen molar-refractivity contribution in [1.82, 2.24) is 0 Å². The number of carbonyl (C=O) groups excluding carboxylic acids is 1. The van der Waals surface area contributed by atoms with Crippen molar-refractivity contribution in [1.29, 1.82) is 0 Å². The van der Waals surface area contributed by atoms with Gasteiger partial charge in [0.2, 0.25) is 0 Å². The largest absolute Gasteiger partial charge is 0.321 e. The zero-order chi connectivity index (χ0) is 17.1. The van der Waals surface area contributed by atoms with Crippen molar-refractivity contribution in [2.75, 3.05) is 5.32 Å². The van der Waals surface area contributed by atoms with E-state index in [9.17, 15) is 9.18 Å². The molecule has 0 bridgehead atoms. The van der Waals surface area contributed by atoms with Gasteiger partial charge in [0.1, 0.15) is 12.4 Å². The molecule has 1 saturated carbocycles. The second-order valence-electron chi connectivity index (χ2n) is 6.37. The summed E-state index contributed by atoms with van der Waals surface area (Å²) in [5.74, 6) is -0.214. The molecule has 1 fully saturated rings. The molecule has 0 aromatic heterocycles. The lowest BCUT2D eigenvalue weighted by Gasteiger charge is -2.25. The Bertz CT molecular complexity index is 698. The lowest BCUT2D eigenvalue weighted by Crippen LogP contribution is -3.16. The summed E-state index contributed by atoms with van der Waals surface area (Å²) in [4.78, 5) is 13.9. The van der Waals surface area contributed by atoms with Crippen LogP contribution in [0.1, 0.15) is 25.3 Å². The predicted octanol–water partition coefficient (Wildman–Crippen LogP) is 3.16. The Morgan fingerprint density at radius 2 is 1.83 bits per heavy atom. The molecule has 0 spiro atoms. The zero-order valence-electron chi connectivity index (χ0n) is 13.6. The summed E-state index contributed by atoms with van der Waals surface area (Å²) < 4.78 is 14.1. The van der Waals surface area contributed by atoms with E-state index in [4.69, 9.17) is 0 Å². The van der Waals surface area contributed by atoms with E-state index in [1.54, 1.807) is 12.1 Å². The van der Waals surface area contributed by atoms with Crippen molar-refractivity contribution in [3.05, 3.63) is 64.4 Å². The maximum atomic E-state index is 13.1. The third-order valence-corrected chi connectivity index (χ3v) is 5.01. The minimum atomic E-state index is -0.229. The van der Waals surface area contributed by atoms with E-state index < -0.39 is 0 Å². The third-order valence-electron chi connectivity index (χ3n) is 4.48. The number of amides is 1. The van der Waals surface area contributed by atoms with Crippen molar-refractivity contribution in [3.63, 3.8) is 0 Å².